The highest BCUT2D eigenvalue weighted by Crippen LogP contribution is 2.29. The van der Waals surface area contributed by atoms with E-state index in [2.05, 4.69) is 25.4 Å². The number of H-pyrrole nitrogens is 2. The van der Waals surface area contributed by atoms with Gasteiger partial charge in [-0.15, -0.1) is 0 Å². The van der Waals surface area contributed by atoms with Crippen LogP contribution in [-0.4, -0.2) is 25.4 Å². The molecule has 2 N–H and O–H groups in total. The van der Waals surface area contributed by atoms with Gasteiger partial charge in [-0.25, -0.2) is 13.8 Å². The predicted octanol–water partition coefficient (Wildman–Crippen LogP) is 3.62. The van der Waals surface area contributed by atoms with Gasteiger partial charge in [-0.1, -0.05) is 0 Å². The Morgan fingerprint density at radius 1 is 0.913 bits per heavy atom. The lowest BCUT2D eigenvalue weighted by atomic mass is 10.1. The van der Waals surface area contributed by atoms with Gasteiger partial charge in [0.15, 0.2) is 11.6 Å². The van der Waals surface area contributed by atoms with Crippen molar-refractivity contribution in [3.63, 3.8) is 0 Å². The third-order valence-electron chi connectivity index (χ3n) is 3.60. The smallest absolute Gasteiger partial charge is 0.181 e. The first-order valence-corrected chi connectivity index (χ1v) is 6.96. The van der Waals surface area contributed by atoms with E-state index in [0.717, 1.165) is 22.0 Å². The van der Waals surface area contributed by atoms with Crippen LogP contribution in [0.25, 0.3) is 33.5 Å². The maximum Gasteiger partial charge on any atom is 0.181 e. The number of benzene rings is 2. The normalized spacial score (nSPS) is 11.2. The van der Waals surface area contributed by atoms with Crippen molar-refractivity contribution in [1.29, 1.82) is 0 Å². The molecular weight excluding hydrogens is 300 g/mol. The van der Waals surface area contributed by atoms with Crippen molar-refractivity contribution < 1.29 is 8.78 Å². The lowest BCUT2D eigenvalue weighted by Gasteiger charge is -2.00. The summed E-state index contributed by atoms with van der Waals surface area (Å²) < 4.78 is 25.7. The molecule has 0 saturated heterocycles. The molecule has 0 unspecified atom stereocenters. The lowest BCUT2D eigenvalue weighted by molar-refractivity contribution is 0.466. The molecule has 0 aliphatic heterocycles. The summed E-state index contributed by atoms with van der Waals surface area (Å²) in [5.41, 5.74) is 3.10. The van der Waals surface area contributed by atoms with Crippen LogP contribution in [0.4, 0.5) is 8.78 Å². The molecule has 0 amide bonds. The number of nitrogens with zero attached hydrogens (tertiary/aromatic N) is 3. The minimum Gasteiger partial charge on any atom is -0.277 e. The standard InChI is InChI=1S/C16H11F2N5/c17-8-14-19-16(23-21-14)10-3-6-13-12(7-10)15(22-20-13)9-1-4-11(18)5-2-9/h1-7H,8H2,(H,20,22)(H,19,21,23). The molecular formula is C16H11F2N5. The van der Waals surface area contributed by atoms with Gasteiger partial charge in [0.2, 0.25) is 0 Å². The first-order valence-electron chi connectivity index (χ1n) is 6.96. The first kappa shape index (κ1) is 13.6. The number of aromatic nitrogens is 5. The van der Waals surface area contributed by atoms with Gasteiger partial charge in [0.1, 0.15) is 12.5 Å². The number of hydrogen-bond donors (Lipinski definition) is 2. The molecule has 0 bridgehead atoms. The van der Waals surface area contributed by atoms with Crippen molar-refractivity contribution in [3.8, 4) is 22.6 Å². The molecule has 0 atom stereocenters. The fraction of sp³-hybridized carbons (Fsp3) is 0.0625. The van der Waals surface area contributed by atoms with Crippen molar-refractivity contribution in [3.05, 3.63) is 54.1 Å². The molecule has 4 rings (SSSR count). The average molecular weight is 311 g/mol. The maximum atomic E-state index is 13.1. The van der Waals surface area contributed by atoms with Gasteiger partial charge in [-0.05, 0) is 42.5 Å². The summed E-state index contributed by atoms with van der Waals surface area (Å²) in [6.07, 6.45) is 0. The number of rotatable bonds is 3. The van der Waals surface area contributed by atoms with Crippen molar-refractivity contribution in [2.75, 3.05) is 0 Å². The fourth-order valence-electron chi connectivity index (χ4n) is 2.47. The topological polar surface area (TPSA) is 70.2 Å². The second-order valence-corrected chi connectivity index (χ2v) is 5.08. The monoisotopic (exact) mass is 311 g/mol. The largest absolute Gasteiger partial charge is 0.277 e. The average Bonchev–Trinajstić information content (AvgIpc) is 3.22. The second kappa shape index (κ2) is 5.28. The molecule has 0 aliphatic carbocycles. The molecule has 4 aromatic rings. The van der Waals surface area contributed by atoms with Gasteiger partial charge < -0.3 is 0 Å². The summed E-state index contributed by atoms with van der Waals surface area (Å²) in [6.45, 7) is -0.693. The van der Waals surface area contributed by atoms with Crippen LogP contribution in [0.3, 0.4) is 0 Å². The maximum absolute atomic E-state index is 13.1. The number of fused-ring (bicyclic) bond motifs is 1. The summed E-state index contributed by atoms with van der Waals surface area (Å²) in [4.78, 5) is 4.08. The van der Waals surface area contributed by atoms with E-state index in [1.165, 1.54) is 12.1 Å². The number of alkyl halides is 1. The SMILES string of the molecule is FCc1nc(-c2ccc3[nH]nc(-c4ccc(F)cc4)c3c2)n[nH]1. The van der Waals surface area contributed by atoms with Crippen molar-refractivity contribution in [2.24, 2.45) is 0 Å². The molecule has 0 saturated carbocycles. The number of hydrogen-bond acceptors (Lipinski definition) is 3. The summed E-state index contributed by atoms with van der Waals surface area (Å²) in [5, 5.41) is 14.7. The Hall–Kier alpha value is -3.09. The van der Waals surface area contributed by atoms with E-state index in [4.69, 9.17) is 0 Å². The third-order valence-corrected chi connectivity index (χ3v) is 3.60. The Morgan fingerprint density at radius 2 is 1.70 bits per heavy atom. The van der Waals surface area contributed by atoms with E-state index in [1.807, 2.05) is 18.2 Å². The molecule has 7 heteroatoms. The van der Waals surface area contributed by atoms with Crippen molar-refractivity contribution in [2.45, 2.75) is 6.67 Å². The molecule has 2 heterocycles. The predicted molar refractivity (Wildman–Crippen MR) is 81.7 cm³/mol. The van der Waals surface area contributed by atoms with E-state index < -0.39 is 6.67 Å². The van der Waals surface area contributed by atoms with Crippen molar-refractivity contribution >= 4 is 10.9 Å². The van der Waals surface area contributed by atoms with E-state index in [9.17, 15) is 8.78 Å². The van der Waals surface area contributed by atoms with E-state index in [0.29, 0.717) is 11.5 Å². The molecule has 114 valence electrons. The van der Waals surface area contributed by atoms with Gasteiger partial charge in [0.05, 0.1) is 11.2 Å². The molecule has 23 heavy (non-hydrogen) atoms. The van der Waals surface area contributed by atoms with Crippen LogP contribution in [0.15, 0.2) is 42.5 Å². The Kier molecular flexibility index (Phi) is 3.11. The zero-order valence-electron chi connectivity index (χ0n) is 11.8. The molecule has 0 aliphatic rings. The quantitative estimate of drug-likeness (QED) is 0.607. The van der Waals surface area contributed by atoms with Crippen LogP contribution in [0.1, 0.15) is 5.82 Å². The van der Waals surface area contributed by atoms with E-state index in [-0.39, 0.29) is 11.6 Å². The zero-order valence-corrected chi connectivity index (χ0v) is 11.8. The summed E-state index contributed by atoms with van der Waals surface area (Å²) >= 11 is 0. The minimum atomic E-state index is -0.693. The Balaban J connectivity index is 1.84. The third kappa shape index (κ3) is 2.36. The highest BCUT2D eigenvalue weighted by Gasteiger charge is 2.12. The van der Waals surface area contributed by atoms with Crippen LogP contribution >= 0.6 is 0 Å². The summed E-state index contributed by atoms with van der Waals surface area (Å²) in [6, 6.07) is 11.7. The van der Waals surface area contributed by atoms with Crippen LogP contribution in [0, 0.1) is 5.82 Å². The minimum absolute atomic E-state index is 0.186. The summed E-state index contributed by atoms with van der Waals surface area (Å²) in [5.74, 6) is 0.311. The lowest BCUT2D eigenvalue weighted by Crippen LogP contribution is -1.83. The Bertz CT molecular complexity index is 972. The van der Waals surface area contributed by atoms with Gasteiger partial charge in [0, 0.05) is 16.5 Å². The zero-order chi connectivity index (χ0) is 15.8. The molecule has 2 aromatic carbocycles. The molecule has 0 fully saturated rings. The first-order chi connectivity index (χ1) is 11.2. The highest BCUT2D eigenvalue weighted by molar-refractivity contribution is 5.95. The van der Waals surface area contributed by atoms with E-state index in [1.54, 1.807) is 12.1 Å². The van der Waals surface area contributed by atoms with E-state index >= 15 is 0 Å². The molecule has 0 spiro atoms. The number of halogens is 2. The van der Waals surface area contributed by atoms with Crippen LogP contribution in [0.2, 0.25) is 0 Å². The van der Waals surface area contributed by atoms with Gasteiger partial charge in [0.25, 0.3) is 0 Å². The molecule has 5 nitrogen and oxygen atoms in total. The van der Waals surface area contributed by atoms with Gasteiger partial charge in [-0.3, -0.25) is 10.2 Å². The van der Waals surface area contributed by atoms with Crippen molar-refractivity contribution in [1.82, 2.24) is 25.4 Å². The van der Waals surface area contributed by atoms with Crippen LogP contribution < -0.4 is 0 Å². The highest BCUT2D eigenvalue weighted by atomic mass is 19.1. The fourth-order valence-corrected chi connectivity index (χ4v) is 2.47. The van der Waals surface area contributed by atoms with Crippen LogP contribution in [-0.2, 0) is 6.67 Å². The molecule has 0 radical (unpaired) electrons. The Morgan fingerprint density at radius 3 is 2.43 bits per heavy atom. The van der Waals surface area contributed by atoms with Gasteiger partial charge >= 0.3 is 0 Å². The number of aromatic amines is 2. The Labute approximate surface area is 129 Å². The second-order valence-electron chi connectivity index (χ2n) is 5.08. The number of nitrogens with one attached hydrogen (secondary N) is 2. The molecule has 2 aromatic heterocycles. The summed E-state index contributed by atoms with van der Waals surface area (Å²) in [7, 11) is 0. The van der Waals surface area contributed by atoms with Crippen LogP contribution in [0.5, 0.6) is 0 Å². The van der Waals surface area contributed by atoms with Gasteiger partial charge in [-0.2, -0.15) is 10.2 Å².